The van der Waals surface area contributed by atoms with E-state index in [1.807, 2.05) is 12.1 Å². The molecule has 166 valence electrons. The largest absolute Gasteiger partial charge is 0.507 e. The summed E-state index contributed by atoms with van der Waals surface area (Å²) in [6.45, 7) is 2.04. The first kappa shape index (κ1) is 21.5. The number of hydrogen-bond donors (Lipinski definition) is 2. The Kier molecular flexibility index (Phi) is 5.35. The Morgan fingerprint density at radius 3 is 2.61 bits per heavy atom. The molecule has 0 radical (unpaired) electrons. The molecule has 0 saturated heterocycles. The van der Waals surface area contributed by atoms with Crippen molar-refractivity contribution in [2.45, 2.75) is 19.5 Å². The third kappa shape index (κ3) is 3.75. The lowest BCUT2D eigenvalue weighted by molar-refractivity contribution is 0.0730. The number of aryl methyl sites for hydroxylation is 1. The van der Waals surface area contributed by atoms with Crippen LogP contribution in [-0.4, -0.2) is 26.1 Å². The highest BCUT2D eigenvalue weighted by molar-refractivity contribution is 6.31. The molecule has 1 aliphatic heterocycles. The Hall–Kier alpha value is -3.35. The molecule has 1 atom stereocenters. The number of carbonyl (C=O) groups is 1. The summed E-state index contributed by atoms with van der Waals surface area (Å²) in [6, 6.07) is 16.0. The average molecular weight is 482 g/mol. The van der Waals surface area contributed by atoms with Crippen molar-refractivity contribution in [1.29, 1.82) is 0 Å². The zero-order chi connectivity index (χ0) is 23.3. The third-order valence-electron chi connectivity index (χ3n) is 5.83. The number of carbonyl (C=O) groups excluding carboxylic acids is 1. The van der Waals surface area contributed by atoms with Crippen LogP contribution in [0.1, 0.15) is 38.8 Å². The lowest BCUT2D eigenvalue weighted by Crippen LogP contribution is -2.29. The number of phenolic OH excluding ortho intramolecular Hbond substituents is 1. The maximum atomic E-state index is 13.4. The molecule has 0 spiro atoms. The maximum absolute atomic E-state index is 13.4. The van der Waals surface area contributed by atoms with Gasteiger partial charge in [-0.2, -0.15) is 5.10 Å². The maximum Gasteiger partial charge on any atom is 0.273 e. The summed E-state index contributed by atoms with van der Waals surface area (Å²) in [5.41, 5.74) is 4.10. The van der Waals surface area contributed by atoms with Gasteiger partial charge >= 0.3 is 0 Å². The minimum atomic E-state index is -0.524. The highest BCUT2D eigenvalue weighted by Gasteiger charge is 2.42. The number of rotatable bonds is 4. The summed E-state index contributed by atoms with van der Waals surface area (Å²) in [5, 5.41) is 18.9. The van der Waals surface area contributed by atoms with Crippen molar-refractivity contribution in [2.24, 2.45) is 0 Å². The van der Waals surface area contributed by atoms with E-state index in [9.17, 15) is 14.3 Å². The Morgan fingerprint density at radius 2 is 1.88 bits per heavy atom. The fourth-order valence-corrected chi connectivity index (χ4v) is 4.59. The first-order valence-corrected chi connectivity index (χ1v) is 11.0. The van der Waals surface area contributed by atoms with Crippen LogP contribution in [0.4, 0.5) is 4.39 Å². The number of benzene rings is 3. The number of halogens is 3. The van der Waals surface area contributed by atoms with E-state index in [-0.39, 0.29) is 24.0 Å². The van der Waals surface area contributed by atoms with Crippen LogP contribution in [0, 0.1) is 12.7 Å². The summed E-state index contributed by atoms with van der Waals surface area (Å²) in [6.07, 6.45) is 0. The van der Waals surface area contributed by atoms with Gasteiger partial charge in [0.1, 0.15) is 23.0 Å². The first-order chi connectivity index (χ1) is 15.8. The van der Waals surface area contributed by atoms with Crippen molar-refractivity contribution in [2.75, 3.05) is 0 Å². The quantitative estimate of drug-likeness (QED) is 0.360. The normalized spacial score (nSPS) is 15.2. The molecule has 0 aliphatic carbocycles. The van der Waals surface area contributed by atoms with Gasteiger partial charge < -0.3 is 10.0 Å². The van der Waals surface area contributed by atoms with Gasteiger partial charge in [0.2, 0.25) is 0 Å². The van der Waals surface area contributed by atoms with E-state index < -0.39 is 6.04 Å². The van der Waals surface area contributed by atoms with E-state index in [4.69, 9.17) is 23.2 Å². The van der Waals surface area contributed by atoms with Crippen molar-refractivity contribution in [3.05, 3.63) is 104 Å². The number of hydrogen-bond acceptors (Lipinski definition) is 3. The van der Waals surface area contributed by atoms with Gasteiger partial charge in [0.05, 0.1) is 6.04 Å². The average Bonchev–Trinajstić information content (AvgIpc) is 3.32. The number of aromatic amines is 1. The summed E-state index contributed by atoms with van der Waals surface area (Å²) in [7, 11) is 0. The van der Waals surface area contributed by atoms with Crippen molar-refractivity contribution >= 4 is 29.1 Å². The van der Waals surface area contributed by atoms with Crippen LogP contribution in [0.3, 0.4) is 0 Å². The number of phenols is 1. The lowest BCUT2D eigenvalue weighted by atomic mass is 9.95. The van der Waals surface area contributed by atoms with Crippen molar-refractivity contribution in [3.63, 3.8) is 0 Å². The van der Waals surface area contributed by atoms with E-state index in [0.29, 0.717) is 32.6 Å². The minimum absolute atomic E-state index is 0.0143. The molecule has 4 aromatic rings. The standard InChI is InChI=1S/C25H18Cl2FN3O2/c1-13-9-20(32)18(11-19(13)27)22-21-23(30-29-22)25(33)31(12-14-5-7-17(28)8-6-14)24(21)15-3-2-4-16(26)10-15/h2-11,24,32H,12H2,1H3,(H,29,30). The van der Waals surface area contributed by atoms with Crippen molar-refractivity contribution < 1.29 is 14.3 Å². The molecule has 3 aromatic carbocycles. The number of nitrogens with zero attached hydrogens (tertiary/aromatic N) is 2. The Bertz CT molecular complexity index is 1390. The lowest BCUT2D eigenvalue weighted by Gasteiger charge is -2.26. The molecule has 1 aromatic heterocycles. The van der Waals surface area contributed by atoms with Gasteiger partial charge in [-0.15, -0.1) is 0 Å². The van der Waals surface area contributed by atoms with E-state index in [0.717, 1.165) is 16.7 Å². The summed E-state index contributed by atoms with van der Waals surface area (Å²) < 4.78 is 13.4. The molecule has 1 amide bonds. The Balaban J connectivity index is 1.68. The van der Waals surface area contributed by atoms with Gasteiger partial charge in [0.15, 0.2) is 0 Å². The topological polar surface area (TPSA) is 69.2 Å². The van der Waals surface area contributed by atoms with E-state index in [1.54, 1.807) is 48.2 Å². The monoisotopic (exact) mass is 481 g/mol. The molecule has 2 N–H and O–H groups in total. The zero-order valence-corrected chi connectivity index (χ0v) is 19.0. The smallest absolute Gasteiger partial charge is 0.273 e. The van der Waals surface area contributed by atoms with Crippen LogP contribution >= 0.6 is 23.2 Å². The number of aromatic nitrogens is 2. The van der Waals surface area contributed by atoms with Gasteiger partial charge in [-0.1, -0.05) is 47.5 Å². The van der Waals surface area contributed by atoms with Gasteiger partial charge in [-0.25, -0.2) is 4.39 Å². The van der Waals surface area contributed by atoms with Crippen LogP contribution in [0.25, 0.3) is 11.3 Å². The molecule has 2 heterocycles. The minimum Gasteiger partial charge on any atom is -0.507 e. The number of nitrogens with one attached hydrogen (secondary N) is 1. The summed E-state index contributed by atoms with van der Waals surface area (Å²) in [5.74, 6) is -0.586. The SMILES string of the molecule is Cc1cc(O)c(-c2n[nH]c3c2C(c2cccc(Cl)c2)N(Cc2ccc(F)cc2)C3=O)cc1Cl. The molecular formula is C25H18Cl2FN3O2. The zero-order valence-electron chi connectivity index (χ0n) is 17.4. The summed E-state index contributed by atoms with van der Waals surface area (Å²) >= 11 is 12.6. The van der Waals surface area contributed by atoms with Gasteiger partial charge in [0, 0.05) is 27.7 Å². The highest BCUT2D eigenvalue weighted by atomic mass is 35.5. The van der Waals surface area contributed by atoms with Gasteiger partial charge in [-0.05, 0) is 60.0 Å². The fourth-order valence-electron chi connectivity index (χ4n) is 4.23. The molecule has 0 fully saturated rings. The molecule has 1 unspecified atom stereocenters. The van der Waals surface area contributed by atoms with Crippen molar-refractivity contribution in [1.82, 2.24) is 15.1 Å². The molecule has 33 heavy (non-hydrogen) atoms. The number of H-pyrrole nitrogens is 1. The predicted octanol–water partition coefficient (Wildman–Crippen LogP) is 6.28. The molecule has 1 aliphatic rings. The molecule has 8 heteroatoms. The Labute approximate surface area is 199 Å². The van der Waals surface area contributed by atoms with Gasteiger partial charge in [0.25, 0.3) is 5.91 Å². The van der Waals surface area contributed by atoms with Crippen LogP contribution in [-0.2, 0) is 6.54 Å². The van der Waals surface area contributed by atoms with Crippen LogP contribution in [0.2, 0.25) is 10.0 Å². The molecule has 0 saturated carbocycles. The second kappa shape index (κ2) is 8.21. The number of fused-ring (bicyclic) bond motifs is 1. The van der Waals surface area contributed by atoms with E-state index >= 15 is 0 Å². The predicted molar refractivity (Wildman–Crippen MR) is 125 cm³/mol. The van der Waals surface area contributed by atoms with Crippen molar-refractivity contribution in [3.8, 4) is 17.0 Å². The third-order valence-corrected chi connectivity index (χ3v) is 6.47. The molecule has 5 nitrogen and oxygen atoms in total. The highest BCUT2D eigenvalue weighted by Crippen LogP contribution is 2.46. The Morgan fingerprint density at radius 1 is 1.12 bits per heavy atom. The van der Waals surface area contributed by atoms with Crippen LogP contribution in [0.5, 0.6) is 5.75 Å². The fraction of sp³-hybridized carbons (Fsp3) is 0.120. The second-order valence-electron chi connectivity index (χ2n) is 8.00. The van der Waals surface area contributed by atoms with Crippen LogP contribution < -0.4 is 0 Å². The van der Waals surface area contributed by atoms with Crippen LogP contribution in [0.15, 0.2) is 60.7 Å². The molecular weight excluding hydrogens is 464 g/mol. The number of aromatic hydroxyl groups is 1. The first-order valence-electron chi connectivity index (χ1n) is 10.2. The molecule has 5 rings (SSSR count). The van der Waals surface area contributed by atoms with E-state index in [1.165, 1.54) is 12.1 Å². The molecule has 0 bridgehead atoms. The van der Waals surface area contributed by atoms with Gasteiger partial charge in [-0.3, -0.25) is 9.89 Å². The number of amides is 1. The second-order valence-corrected chi connectivity index (χ2v) is 8.84. The summed E-state index contributed by atoms with van der Waals surface area (Å²) in [4.78, 5) is 15.1. The van der Waals surface area contributed by atoms with E-state index in [2.05, 4.69) is 10.2 Å².